The Kier molecular flexibility index (Phi) is 6.12. The predicted octanol–water partition coefficient (Wildman–Crippen LogP) is 3.49. The molecule has 1 heterocycles. The first kappa shape index (κ1) is 16.1. The zero-order valence-electron chi connectivity index (χ0n) is 11.8. The molecular weight excluding hydrogens is 295 g/mol. The number of likely N-dealkylation sites (tertiary alicyclic amines) is 1. The molecule has 1 aromatic carbocycles. The zero-order chi connectivity index (χ0) is 14.5. The van der Waals surface area contributed by atoms with E-state index in [1.54, 1.807) is 13.2 Å². The average molecular weight is 317 g/mol. The summed E-state index contributed by atoms with van der Waals surface area (Å²) in [7, 11) is 1.73. The van der Waals surface area contributed by atoms with E-state index in [0.717, 1.165) is 31.5 Å². The van der Waals surface area contributed by atoms with Crippen LogP contribution in [0.2, 0.25) is 10.0 Å². The summed E-state index contributed by atoms with van der Waals surface area (Å²) in [6, 6.07) is 5.97. The molecule has 5 heteroatoms. The van der Waals surface area contributed by atoms with Gasteiger partial charge in [-0.1, -0.05) is 29.6 Å². The fourth-order valence-electron chi connectivity index (χ4n) is 2.93. The number of nitrogens with two attached hydrogens (primary N) is 1. The molecule has 0 radical (unpaired) electrons. The van der Waals surface area contributed by atoms with Crippen LogP contribution in [0.3, 0.4) is 0 Å². The SMILES string of the molecule is COCCN1CCCCC(N)C1c1cc(Cl)cc(Cl)c1. The standard InChI is InChI=1S/C15H22Cl2N2O/c1-20-7-6-19-5-3-2-4-14(18)15(19)11-8-12(16)10-13(17)9-11/h8-10,14-15H,2-7,18H2,1H3. The zero-order valence-corrected chi connectivity index (χ0v) is 13.3. The van der Waals surface area contributed by atoms with Crippen molar-refractivity contribution in [2.45, 2.75) is 31.3 Å². The van der Waals surface area contributed by atoms with Crippen molar-refractivity contribution >= 4 is 23.2 Å². The highest BCUT2D eigenvalue weighted by Gasteiger charge is 2.28. The van der Waals surface area contributed by atoms with Crippen molar-refractivity contribution in [1.82, 2.24) is 4.90 Å². The van der Waals surface area contributed by atoms with E-state index < -0.39 is 0 Å². The van der Waals surface area contributed by atoms with E-state index in [1.165, 1.54) is 6.42 Å². The van der Waals surface area contributed by atoms with Crippen molar-refractivity contribution < 1.29 is 4.74 Å². The van der Waals surface area contributed by atoms with Crippen LogP contribution in [0.15, 0.2) is 18.2 Å². The number of hydrogen-bond donors (Lipinski definition) is 1. The molecule has 1 fully saturated rings. The lowest BCUT2D eigenvalue weighted by molar-refractivity contribution is 0.115. The summed E-state index contributed by atoms with van der Waals surface area (Å²) >= 11 is 12.3. The van der Waals surface area contributed by atoms with Gasteiger partial charge in [0.25, 0.3) is 0 Å². The summed E-state index contributed by atoms with van der Waals surface area (Å²) in [6.45, 7) is 2.61. The molecule has 2 atom stereocenters. The summed E-state index contributed by atoms with van der Waals surface area (Å²) in [5.41, 5.74) is 7.51. The maximum atomic E-state index is 6.40. The van der Waals surface area contributed by atoms with Crippen LogP contribution in [0.1, 0.15) is 30.9 Å². The Morgan fingerprint density at radius 2 is 1.95 bits per heavy atom. The normalized spacial score (nSPS) is 24.6. The van der Waals surface area contributed by atoms with E-state index in [2.05, 4.69) is 4.90 Å². The van der Waals surface area contributed by atoms with E-state index in [0.29, 0.717) is 16.7 Å². The van der Waals surface area contributed by atoms with Crippen LogP contribution in [0.5, 0.6) is 0 Å². The number of methoxy groups -OCH3 is 1. The van der Waals surface area contributed by atoms with Gasteiger partial charge in [0.2, 0.25) is 0 Å². The minimum atomic E-state index is 0.101. The van der Waals surface area contributed by atoms with Crippen molar-refractivity contribution in [1.29, 1.82) is 0 Å². The van der Waals surface area contributed by atoms with E-state index in [9.17, 15) is 0 Å². The van der Waals surface area contributed by atoms with Crippen LogP contribution in [0.25, 0.3) is 0 Å². The molecule has 1 saturated heterocycles. The molecule has 1 aromatic rings. The van der Waals surface area contributed by atoms with Crippen molar-refractivity contribution in [2.24, 2.45) is 5.73 Å². The first-order valence-corrected chi connectivity index (χ1v) is 7.82. The summed E-state index contributed by atoms with van der Waals surface area (Å²) in [5, 5.41) is 1.33. The van der Waals surface area contributed by atoms with Gasteiger partial charge in [-0.2, -0.15) is 0 Å². The van der Waals surface area contributed by atoms with Gasteiger partial charge in [-0.3, -0.25) is 4.90 Å². The fraction of sp³-hybridized carbons (Fsp3) is 0.600. The van der Waals surface area contributed by atoms with Gasteiger partial charge >= 0.3 is 0 Å². The second kappa shape index (κ2) is 7.62. The molecular formula is C15H22Cl2N2O. The second-order valence-electron chi connectivity index (χ2n) is 5.34. The van der Waals surface area contributed by atoms with Gasteiger partial charge in [-0.15, -0.1) is 0 Å². The van der Waals surface area contributed by atoms with E-state index in [-0.39, 0.29) is 12.1 Å². The van der Waals surface area contributed by atoms with Gasteiger partial charge in [-0.25, -0.2) is 0 Å². The first-order valence-electron chi connectivity index (χ1n) is 7.06. The Labute approximate surface area is 131 Å². The molecule has 1 aliphatic heterocycles. The Bertz CT molecular complexity index is 422. The second-order valence-corrected chi connectivity index (χ2v) is 6.21. The molecule has 0 spiro atoms. The molecule has 1 aliphatic rings. The lowest BCUT2D eigenvalue weighted by atomic mass is 9.96. The maximum Gasteiger partial charge on any atom is 0.0589 e. The largest absolute Gasteiger partial charge is 0.383 e. The van der Waals surface area contributed by atoms with Gasteiger partial charge in [-0.05, 0) is 43.1 Å². The molecule has 112 valence electrons. The van der Waals surface area contributed by atoms with E-state index >= 15 is 0 Å². The summed E-state index contributed by atoms with van der Waals surface area (Å²) < 4.78 is 5.22. The molecule has 2 unspecified atom stereocenters. The van der Waals surface area contributed by atoms with Crippen LogP contribution >= 0.6 is 23.2 Å². The van der Waals surface area contributed by atoms with Gasteiger partial charge in [0.1, 0.15) is 0 Å². The number of benzene rings is 1. The Hall–Kier alpha value is -0.320. The molecule has 0 aliphatic carbocycles. The van der Waals surface area contributed by atoms with Crippen LogP contribution in [0.4, 0.5) is 0 Å². The summed E-state index contributed by atoms with van der Waals surface area (Å²) in [5.74, 6) is 0. The number of ether oxygens (including phenoxy) is 1. The highest BCUT2D eigenvalue weighted by molar-refractivity contribution is 6.34. The minimum Gasteiger partial charge on any atom is -0.383 e. The maximum absolute atomic E-state index is 6.40. The van der Waals surface area contributed by atoms with Crippen molar-refractivity contribution in [3.8, 4) is 0 Å². The molecule has 3 nitrogen and oxygen atoms in total. The topological polar surface area (TPSA) is 38.5 Å². The fourth-order valence-corrected chi connectivity index (χ4v) is 3.47. The molecule has 0 bridgehead atoms. The van der Waals surface area contributed by atoms with Crippen molar-refractivity contribution in [3.63, 3.8) is 0 Å². The Morgan fingerprint density at radius 3 is 2.60 bits per heavy atom. The lowest BCUT2D eigenvalue weighted by Gasteiger charge is -2.33. The van der Waals surface area contributed by atoms with E-state index in [4.69, 9.17) is 33.7 Å². The molecule has 2 N–H and O–H groups in total. The third-order valence-electron chi connectivity index (χ3n) is 3.84. The summed E-state index contributed by atoms with van der Waals surface area (Å²) in [4.78, 5) is 2.39. The molecule has 2 rings (SSSR count). The smallest absolute Gasteiger partial charge is 0.0589 e. The van der Waals surface area contributed by atoms with Crippen LogP contribution in [-0.2, 0) is 4.74 Å². The molecule has 0 aromatic heterocycles. The predicted molar refractivity (Wildman–Crippen MR) is 84.5 cm³/mol. The number of hydrogen-bond acceptors (Lipinski definition) is 3. The third kappa shape index (κ3) is 4.09. The molecule has 0 saturated carbocycles. The quantitative estimate of drug-likeness (QED) is 0.924. The van der Waals surface area contributed by atoms with Crippen LogP contribution in [0, 0.1) is 0 Å². The highest BCUT2D eigenvalue weighted by atomic mass is 35.5. The molecule has 0 amide bonds. The summed E-state index contributed by atoms with van der Waals surface area (Å²) in [6.07, 6.45) is 3.36. The van der Waals surface area contributed by atoms with Crippen molar-refractivity contribution in [2.75, 3.05) is 26.8 Å². The monoisotopic (exact) mass is 316 g/mol. The Morgan fingerprint density at radius 1 is 1.25 bits per heavy atom. The van der Waals surface area contributed by atoms with Gasteiger partial charge < -0.3 is 10.5 Å². The average Bonchev–Trinajstić information content (AvgIpc) is 2.56. The van der Waals surface area contributed by atoms with Crippen molar-refractivity contribution in [3.05, 3.63) is 33.8 Å². The van der Waals surface area contributed by atoms with Crippen LogP contribution in [-0.4, -0.2) is 37.7 Å². The number of nitrogens with zero attached hydrogens (tertiary/aromatic N) is 1. The van der Waals surface area contributed by atoms with E-state index in [1.807, 2.05) is 12.1 Å². The van der Waals surface area contributed by atoms with Gasteiger partial charge in [0.05, 0.1) is 12.6 Å². The van der Waals surface area contributed by atoms with Gasteiger partial charge in [0, 0.05) is 29.7 Å². The highest BCUT2D eigenvalue weighted by Crippen LogP contribution is 2.32. The number of rotatable bonds is 4. The Balaban J connectivity index is 2.29. The lowest BCUT2D eigenvalue weighted by Crippen LogP contribution is -2.41. The number of halogens is 2. The third-order valence-corrected chi connectivity index (χ3v) is 4.28. The minimum absolute atomic E-state index is 0.101. The molecule has 20 heavy (non-hydrogen) atoms. The van der Waals surface area contributed by atoms with Crippen LogP contribution < -0.4 is 5.73 Å². The first-order chi connectivity index (χ1) is 9.61. The van der Waals surface area contributed by atoms with Gasteiger partial charge in [0.15, 0.2) is 0 Å².